The number of imidazole rings is 1. The zero-order valence-corrected chi connectivity index (χ0v) is 11.0. The number of hydrogen-bond acceptors (Lipinski definition) is 4. The first-order valence-electron chi connectivity index (χ1n) is 5.97. The summed E-state index contributed by atoms with van der Waals surface area (Å²) in [6.45, 7) is 0.534. The highest BCUT2D eigenvalue weighted by Gasteiger charge is 2.25. The van der Waals surface area contributed by atoms with Gasteiger partial charge >= 0.3 is 0 Å². The fourth-order valence-corrected chi connectivity index (χ4v) is 3.35. The number of nitrogens with zero attached hydrogens (tertiary/aromatic N) is 3. The van der Waals surface area contributed by atoms with Crippen LogP contribution in [0.5, 0.6) is 0 Å². The Labute approximate surface area is 110 Å². The molecule has 2 aromatic heterocycles. The Bertz CT molecular complexity index is 722. The Balaban J connectivity index is 1.83. The number of rotatable bonds is 1. The second kappa shape index (κ2) is 4.34. The Morgan fingerprint density at radius 2 is 1.95 bits per heavy atom. The van der Waals surface area contributed by atoms with E-state index < -0.39 is 9.84 Å². The molecule has 3 rings (SSSR count). The second-order valence-corrected chi connectivity index (χ2v) is 6.89. The van der Waals surface area contributed by atoms with Crippen molar-refractivity contribution in [3.05, 3.63) is 36.4 Å². The van der Waals surface area contributed by atoms with Gasteiger partial charge in [-0.05, 0) is 12.1 Å². The second-order valence-electron chi connectivity index (χ2n) is 4.59. The van der Waals surface area contributed by atoms with Crippen LogP contribution in [0.3, 0.4) is 0 Å². The zero-order valence-electron chi connectivity index (χ0n) is 10.2. The van der Waals surface area contributed by atoms with Gasteiger partial charge in [-0.3, -0.25) is 4.79 Å². The van der Waals surface area contributed by atoms with E-state index in [1.807, 2.05) is 6.07 Å². The van der Waals surface area contributed by atoms with E-state index in [1.54, 1.807) is 34.1 Å². The van der Waals surface area contributed by atoms with E-state index in [9.17, 15) is 13.2 Å². The van der Waals surface area contributed by atoms with Gasteiger partial charge in [0.15, 0.2) is 9.84 Å². The van der Waals surface area contributed by atoms with Crippen molar-refractivity contribution in [2.45, 2.75) is 0 Å². The highest BCUT2D eigenvalue weighted by Crippen LogP contribution is 2.11. The molecule has 100 valence electrons. The van der Waals surface area contributed by atoms with E-state index in [0.29, 0.717) is 5.56 Å². The van der Waals surface area contributed by atoms with Gasteiger partial charge in [0.05, 0.1) is 35.1 Å². The number of hydrogen-bond donors (Lipinski definition) is 0. The van der Waals surface area contributed by atoms with E-state index in [2.05, 4.69) is 4.98 Å². The molecule has 1 amide bonds. The largest absolute Gasteiger partial charge is 0.337 e. The van der Waals surface area contributed by atoms with Crippen LogP contribution in [0.1, 0.15) is 10.4 Å². The van der Waals surface area contributed by atoms with Crippen LogP contribution in [0.4, 0.5) is 0 Å². The highest BCUT2D eigenvalue weighted by molar-refractivity contribution is 7.91. The lowest BCUT2D eigenvalue weighted by Gasteiger charge is -2.26. The smallest absolute Gasteiger partial charge is 0.255 e. The number of sulfone groups is 1. The predicted molar refractivity (Wildman–Crippen MR) is 69.7 cm³/mol. The van der Waals surface area contributed by atoms with Gasteiger partial charge in [-0.2, -0.15) is 0 Å². The molecule has 0 aliphatic carbocycles. The average molecular weight is 279 g/mol. The van der Waals surface area contributed by atoms with Crippen LogP contribution in [0.2, 0.25) is 0 Å². The van der Waals surface area contributed by atoms with E-state index in [1.165, 1.54) is 0 Å². The van der Waals surface area contributed by atoms with Gasteiger partial charge in [-0.1, -0.05) is 0 Å². The van der Waals surface area contributed by atoms with Crippen LogP contribution < -0.4 is 0 Å². The van der Waals surface area contributed by atoms with E-state index >= 15 is 0 Å². The molecule has 0 atom stereocenters. The van der Waals surface area contributed by atoms with E-state index in [4.69, 9.17) is 0 Å². The summed E-state index contributed by atoms with van der Waals surface area (Å²) in [5, 5.41) is 0. The Kier molecular flexibility index (Phi) is 2.78. The minimum absolute atomic E-state index is 0.0477. The minimum Gasteiger partial charge on any atom is -0.337 e. The standard InChI is InChI=1S/C12H13N3O3S/c16-12(14-3-5-19(17,18)6-4-14)10-1-2-11-7-13-9-15(11)8-10/h1-2,7-9H,3-6H2. The maximum atomic E-state index is 12.3. The fraction of sp³-hybridized carbons (Fsp3) is 0.333. The van der Waals surface area contributed by atoms with Crippen LogP contribution in [-0.2, 0) is 9.84 Å². The number of aromatic nitrogens is 2. The van der Waals surface area contributed by atoms with Crippen molar-refractivity contribution in [2.75, 3.05) is 24.6 Å². The zero-order chi connectivity index (χ0) is 13.5. The summed E-state index contributed by atoms with van der Waals surface area (Å²) in [7, 11) is -2.97. The van der Waals surface area contributed by atoms with Crippen molar-refractivity contribution in [3.8, 4) is 0 Å². The third kappa shape index (κ3) is 2.33. The molecule has 0 aromatic carbocycles. The normalized spacial score (nSPS) is 18.6. The summed E-state index contributed by atoms with van der Waals surface area (Å²) in [4.78, 5) is 17.8. The average Bonchev–Trinajstić information content (AvgIpc) is 2.85. The number of amides is 1. The maximum absolute atomic E-state index is 12.3. The highest BCUT2D eigenvalue weighted by atomic mass is 32.2. The topological polar surface area (TPSA) is 71.8 Å². The van der Waals surface area contributed by atoms with Gasteiger partial charge in [0.25, 0.3) is 5.91 Å². The number of pyridine rings is 1. The van der Waals surface area contributed by atoms with Gasteiger partial charge in [0.2, 0.25) is 0 Å². The molecule has 0 bridgehead atoms. The molecular formula is C12H13N3O3S. The van der Waals surface area contributed by atoms with Crippen LogP contribution >= 0.6 is 0 Å². The molecule has 0 saturated carbocycles. The van der Waals surface area contributed by atoms with Crippen molar-refractivity contribution in [3.63, 3.8) is 0 Å². The molecule has 0 unspecified atom stereocenters. The van der Waals surface area contributed by atoms with Crippen LogP contribution in [0, 0.1) is 0 Å². The predicted octanol–water partition coefficient (Wildman–Crippen LogP) is 0.205. The summed E-state index contributed by atoms with van der Waals surface area (Å²) in [6, 6.07) is 3.56. The van der Waals surface area contributed by atoms with Gasteiger partial charge in [0.1, 0.15) is 0 Å². The van der Waals surface area contributed by atoms with Crippen LogP contribution in [0.15, 0.2) is 30.9 Å². The monoisotopic (exact) mass is 279 g/mol. The van der Waals surface area contributed by atoms with Crippen molar-refractivity contribution >= 4 is 21.3 Å². The summed E-state index contributed by atoms with van der Waals surface area (Å²) in [5.74, 6) is -0.0384. The van der Waals surface area contributed by atoms with Crippen molar-refractivity contribution in [1.29, 1.82) is 0 Å². The first kappa shape index (κ1) is 12.2. The fourth-order valence-electron chi connectivity index (χ4n) is 2.14. The number of carbonyl (C=O) groups excluding carboxylic acids is 1. The molecule has 0 spiro atoms. The molecule has 1 aliphatic rings. The lowest BCUT2D eigenvalue weighted by Crippen LogP contribution is -2.43. The third-order valence-corrected chi connectivity index (χ3v) is 4.90. The lowest BCUT2D eigenvalue weighted by molar-refractivity contribution is 0.0770. The van der Waals surface area contributed by atoms with Crippen LogP contribution in [0.25, 0.3) is 5.52 Å². The quantitative estimate of drug-likeness (QED) is 0.748. The van der Waals surface area contributed by atoms with Crippen LogP contribution in [-0.4, -0.2) is 53.2 Å². The molecule has 1 saturated heterocycles. The molecule has 0 radical (unpaired) electrons. The van der Waals surface area contributed by atoms with Crippen molar-refractivity contribution < 1.29 is 13.2 Å². The summed E-state index contributed by atoms with van der Waals surface area (Å²) >= 11 is 0. The summed E-state index contributed by atoms with van der Waals surface area (Å²) < 4.78 is 24.5. The Morgan fingerprint density at radius 1 is 1.21 bits per heavy atom. The number of fused-ring (bicyclic) bond motifs is 1. The lowest BCUT2D eigenvalue weighted by atomic mass is 10.2. The van der Waals surface area contributed by atoms with Gasteiger partial charge in [0, 0.05) is 19.3 Å². The first-order valence-corrected chi connectivity index (χ1v) is 7.79. The molecule has 1 aliphatic heterocycles. The Morgan fingerprint density at radius 3 is 2.68 bits per heavy atom. The third-order valence-electron chi connectivity index (χ3n) is 3.29. The first-order chi connectivity index (χ1) is 9.05. The van der Waals surface area contributed by atoms with Gasteiger partial charge < -0.3 is 9.30 Å². The molecule has 19 heavy (non-hydrogen) atoms. The maximum Gasteiger partial charge on any atom is 0.255 e. The molecule has 6 nitrogen and oxygen atoms in total. The van der Waals surface area contributed by atoms with Gasteiger partial charge in [-0.25, -0.2) is 13.4 Å². The molecule has 0 N–H and O–H groups in total. The van der Waals surface area contributed by atoms with E-state index in [0.717, 1.165) is 5.52 Å². The summed E-state index contributed by atoms with van der Waals surface area (Å²) in [6.07, 6.45) is 5.06. The molecule has 7 heteroatoms. The molecular weight excluding hydrogens is 266 g/mol. The van der Waals surface area contributed by atoms with Crippen molar-refractivity contribution in [1.82, 2.24) is 14.3 Å². The van der Waals surface area contributed by atoms with Crippen molar-refractivity contribution in [2.24, 2.45) is 0 Å². The van der Waals surface area contributed by atoms with Gasteiger partial charge in [-0.15, -0.1) is 0 Å². The minimum atomic E-state index is -2.97. The Hall–Kier alpha value is -1.89. The molecule has 1 fully saturated rings. The summed E-state index contributed by atoms with van der Waals surface area (Å²) in [5.41, 5.74) is 1.46. The SMILES string of the molecule is O=C(c1ccc2cncn2c1)N1CCS(=O)(=O)CC1. The molecule has 2 aromatic rings. The molecule has 3 heterocycles. The van der Waals surface area contributed by atoms with E-state index in [-0.39, 0.29) is 30.5 Å². The number of carbonyl (C=O) groups is 1.